The zero-order valence-electron chi connectivity index (χ0n) is 12.3. The number of carbonyl (C=O) groups excluding carboxylic acids is 1. The maximum absolute atomic E-state index is 12.2. The number of nitrogens with zero attached hydrogens (tertiary/aromatic N) is 1. The minimum atomic E-state index is -0.218. The fourth-order valence-corrected chi connectivity index (χ4v) is 2.82. The lowest BCUT2D eigenvalue weighted by molar-refractivity contribution is 0.102. The second-order valence-electron chi connectivity index (χ2n) is 4.81. The van der Waals surface area contributed by atoms with Crippen molar-refractivity contribution in [3.63, 3.8) is 0 Å². The molecule has 112 valence electrons. The molecule has 0 spiro atoms. The van der Waals surface area contributed by atoms with Crippen molar-refractivity contribution in [1.29, 1.82) is 0 Å². The third-order valence-corrected chi connectivity index (χ3v) is 3.93. The van der Waals surface area contributed by atoms with Crippen LogP contribution in [0.5, 0.6) is 5.75 Å². The number of phenolic OH excluding ortho intramolecular Hbond substituents is 1. The Labute approximate surface area is 128 Å². The van der Waals surface area contributed by atoms with Gasteiger partial charge >= 0.3 is 0 Å². The van der Waals surface area contributed by atoms with Crippen LogP contribution in [0.2, 0.25) is 0 Å². The summed E-state index contributed by atoms with van der Waals surface area (Å²) in [6.45, 7) is 6.73. The lowest BCUT2D eigenvalue weighted by Gasteiger charge is -2.08. The number of aromatic hydroxyl groups is 1. The molecule has 0 saturated carbocycles. The Morgan fingerprint density at radius 3 is 2.90 bits per heavy atom. The normalized spacial score (nSPS) is 12.1. The van der Waals surface area contributed by atoms with Crippen molar-refractivity contribution >= 4 is 22.4 Å². The number of hydrogen-bond donors (Lipinski definition) is 3. The first-order valence-corrected chi connectivity index (χ1v) is 7.69. The van der Waals surface area contributed by atoms with Crippen LogP contribution in [0.25, 0.3) is 0 Å². The number of thiazole rings is 1. The van der Waals surface area contributed by atoms with Gasteiger partial charge in [0.05, 0.1) is 5.69 Å². The molecule has 1 aromatic carbocycles. The van der Waals surface area contributed by atoms with E-state index in [0.717, 1.165) is 17.8 Å². The fourth-order valence-electron chi connectivity index (χ4n) is 2.02. The Balaban J connectivity index is 2.09. The molecule has 3 N–H and O–H groups in total. The summed E-state index contributed by atoms with van der Waals surface area (Å²) >= 11 is 1.40. The number of hydrogen-bond acceptors (Lipinski definition) is 5. The van der Waals surface area contributed by atoms with Gasteiger partial charge in [-0.15, -0.1) is 11.3 Å². The number of nitrogens with one attached hydrogen (secondary N) is 2. The Morgan fingerprint density at radius 1 is 1.48 bits per heavy atom. The Hall–Kier alpha value is -1.92. The molecular formula is C15H19N3O2S. The number of rotatable bonds is 5. The van der Waals surface area contributed by atoms with Crippen molar-refractivity contribution < 1.29 is 9.90 Å². The Kier molecular flexibility index (Phi) is 4.93. The van der Waals surface area contributed by atoms with Gasteiger partial charge in [0.2, 0.25) is 0 Å². The average molecular weight is 305 g/mol. The van der Waals surface area contributed by atoms with Crippen LogP contribution in [0.15, 0.2) is 23.6 Å². The van der Waals surface area contributed by atoms with Crippen molar-refractivity contribution in [2.24, 2.45) is 0 Å². The van der Waals surface area contributed by atoms with Crippen molar-refractivity contribution in [3.05, 3.63) is 40.4 Å². The average Bonchev–Trinajstić information content (AvgIpc) is 2.87. The molecule has 1 heterocycles. The van der Waals surface area contributed by atoms with Gasteiger partial charge in [-0.05, 0) is 44.2 Å². The van der Waals surface area contributed by atoms with Crippen LogP contribution in [0.3, 0.4) is 0 Å². The molecular weight excluding hydrogens is 286 g/mol. The quantitative estimate of drug-likeness (QED) is 0.793. The predicted molar refractivity (Wildman–Crippen MR) is 85.0 cm³/mol. The lowest BCUT2D eigenvalue weighted by atomic mass is 10.1. The molecule has 1 aromatic heterocycles. The van der Waals surface area contributed by atoms with Gasteiger partial charge in [-0.25, -0.2) is 4.98 Å². The Bertz CT molecular complexity index is 640. The number of aromatic nitrogens is 1. The molecule has 5 nitrogen and oxygen atoms in total. The van der Waals surface area contributed by atoms with E-state index < -0.39 is 0 Å². The van der Waals surface area contributed by atoms with Crippen LogP contribution < -0.4 is 10.6 Å². The first-order valence-electron chi connectivity index (χ1n) is 6.81. The second kappa shape index (κ2) is 6.69. The second-order valence-corrected chi connectivity index (χ2v) is 5.67. The van der Waals surface area contributed by atoms with Gasteiger partial charge in [0.25, 0.3) is 5.91 Å². The highest BCUT2D eigenvalue weighted by atomic mass is 32.1. The molecule has 1 atom stereocenters. The van der Waals surface area contributed by atoms with Gasteiger partial charge < -0.3 is 10.4 Å². The van der Waals surface area contributed by atoms with Crippen molar-refractivity contribution in [2.75, 3.05) is 11.9 Å². The summed E-state index contributed by atoms with van der Waals surface area (Å²) in [5, 5.41) is 18.0. The molecule has 0 aliphatic carbocycles. The third-order valence-electron chi connectivity index (χ3n) is 3.15. The van der Waals surface area contributed by atoms with Gasteiger partial charge in [0, 0.05) is 17.0 Å². The Morgan fingerprint density at radius 2 is 2.24 bits per heavy atom. The molecule has 1 amide bonds. The zero-order chi connectivity index (χ0) is 15.4. The number of carbonyl (C=O) groups is 1. The minimum absolute atomic E-state index is 0.153. The van der Waals surface area contributed by atoms with Gasteiger partial charge in [0.1, 0.15) is 5.75 Å². The van der Waals surface area contributed by atoms with E-state index in [1.165, 1.54) is 17.4 Å². The summed E-state index contributed by atoms with van der Waals surface area (Å²) < 4.78 is 0. The highest BCUT2D eigenvalue weighted by molar-refractivity contribution is 7.14. The monoisotopic (exact) mass is 305 g/mol. The van der Waals surface area contributed by atoms with E-state index in [9.17, 15) is 9.90 Å². The predicted octanol–water partition coefficient (Wildman–Crippen LogP) is 3.08. The van der Waals surface area contributed by atoms with E-state index in [1.807, 2.05) is 19.2 Å². The first kappa shape index (κ1) is 15.5. The van der Waals surface area contributed by atoms with Crippen LogP contribution in [-0.2, 0) is 0 Å². The molecule has 21 heavy (non-hydrogen) atoms. The summed E-state index contributed by atoms with van der Waals surface area (Å²) in [5.41, 5.74) is 2.18. The van der Waals surface area contributed by atoms with Crippen molar-refractivity contribution in [2.45, 2.75) is 26.8 Å². The van der Waals surface area contributed by atoms with E-state index in [2.05, 4.69) is 15.6 Å². The third kappa shape index (κ3) is 3.80. The summed E-state index contributed by atoms with van der Waals surface area (Å²) in [4.78, 5) is 16.6. The molecule has 2 rings (SSSR count). The van der Waals surface area contributed by atoms with E-state index in [0.29, 0.717) is 10.7 Å². The van der Waals surface area contributed by atoms with E-state index >= 15 is 0 Å². The molecule has 0 fully saturated rings. The molecule has 0 saturated heterocycles. The van der Waals surface area contributed by atoms with Crippen LogP contribution in [0, 0.1) is 6.92 Å². The first-order chi connectivity index (χ1) is 10.0. The number of anilines is 1. The van der Waals surface area contributed by atoms with E-state index in [1.54, 1.807) is 19.1 Å². The van der Waals surface area contributed by atoms with Gasteiger partial charge in [-0.3, -0.25) is 10.1 Å². The summed E-state index contributed by atoms with van der Waals surface area (Å²) in [6.07, 6.45) is 0. The zero-order valence-corrected chi connectivity index (χ0v) is 13.1. The summed E-state index contributed by atoms with van der Waals surface area (Å²) in [5.74, 6) is -0.0652. The van der Waals surface area contributed by atoms with Crippen LogP contribution in [0.1, 0.15) is 41.5 Å². The highest BCUT2D eigenvalue weighted by Crippen LogP contribution is 2.22. The van der Waals surface area contributed by atoms with Crippen molar-refractivity contribution in [3.8, 4) is 5.75 Å². The lowest BCUT2D eigenvalue weighted by Crippen LogP contribution is -2.18. The molecule has 0 radical (unpaired) electrons. The molecule has 0 aliphatic rings. The molecule has 0 bridgehead atoms. The number of phenols is 1. The van der Waals surface area contributed by atoms with Crippen molar-refractivity contribution in [1.82, 2.24) is 10.3 Å². The minimum Gasteiger partial charge on any atom is -0.508 e. The van der Waals surface area contributed by atoms with Crippen LogP contribution in [0.4, 0.5) is 5.13 Å². The van der Waals surface area contributed by atoms with E-state index in [4.69, 9.17) is 0 Å². The molecule has 0 aliphatic heterocycles. The molecule has 6 heteroatoms. The smallest absolute Gasteiger partial charge is 0.257 e. The summed E-state index contributed by atoms with van der Waals surface area (Å²) in [7, 11) is 0. The maximum atomic E-state index is 12.2. The van der Waals surface area contributed by atoms with Gasteiger partial charge in [-0.2, -0.15) is 0 Å². The molecule has 1 unspecified atom stereocenters. The summed E-state index contributed by atoms with van der Waals surface area (Å²) in [6, 6.07) is 4.83. The van der Waals surface area contributed by atoms with Gasteiger partial charge in [0.15, 0.2) is 5.13 Å². The van der Waals surface area contributed by atoms with Gasteiger partial charge in [-0.1, -0.05) is 6.92 Å². The number of amides is 1. The van der Waals surface area contributed by atoms with Crippen LogP contribution in [-0.4, -0.2) is 22.5 Å². The molecule has 2 aromatic rings. The highest BCUT2D eigenvalue weighted by Gasteiger charge is 2.13. The van der Waals surface area contributed by atoms with E-state index in [-0.39, 0.29) is 17.7 Å². The number of aryl methyl sites for hydroxylation is 1. The standard InChI is InChI=1S/C15H19N3O2S/c1-4-16-10(3)13-8-21-15(17-13)18-14(20)12-6-5-11(19)7-9(12)2/h5-8,10,16,19H,4H2,1-3H3,(H,17,18,20). The maximum Gasteiger partial charge on any atom is 0.257 e. The largest absolute Gasteiger partial charge is 0.508 e. The van der Waals surface area contributed by atoms with Crippen LogP contribution >= 0.6 is 11.3 Å². The number of benzene rings is 1. The topological polar surface area (TPSA) is 74.2 Å². The SMILES string of the molecule is CCNC(C)c1csc(NC(=O)c2ccc(O)cc2C)n1. The fraction of sp³-hybridized carbons (Fsp3) is 0.333.